The zero-order valence-electron chi connectivity index (χ0n) is 12.9. The van der Waals surface area contributed by atoms with Gasteiger partial charge < -0.3 is 5.32 Å². The molecule has 21 heavy (non-hydrogen) atoms. The fraction of sp³-hybridized carbons (Fsp3) is 0.556. The Kier molecular flexibility index (Phi) is 5.50. The zero-order chi connectivity index (χ0) is 14.5. The van der Waals surface area contributed by atoms with Crippen LogP contribution < -0.4 is 5.32 Å². The van der Waals surface area contributed by atoms with Gasteiger partial charge in [-0.3, -0.25) is 0 Å². The summed E-state index contributed by atoms with van der Waals surface area (Å²) in [6.45, 7) is 3.38. The number of rotatable bonds is 7. The molecule has 2 heterocycles. The van der Waals surface area contributed by atoms with E-state index in [2.05, 4.69) is 47.2 Å². The average molecular weight is 320 g/mol. The number of hydrogen-bond acceptors (Lipinski definition) is 3. The van der Waals surface area contributed by atoms with Crippen LogP contribution >= 0.6 is 22.7 Å². The summed E-state index contributed by atoms with van der Waals surface area (Å²) in [5.74, 6) is 0. The van der Waals surface area contributed by atoms with Crippen molar-refractivity contribution in [1.82, 2.24) is 5.32 Å². The molecule has 0 radical (unpaired) electrons. The topological polar surface area (TPSA) is 12.0 Å². The molecule has 0 aliphatic heterocycles. The minimum Gasteiger partial charge on any atom is -0.309 e. The average Bonchev–Trinajstić information content (AvgIpc) is 3.16. The second-order valence-electron chi connectivity index (χ2n) is 5.93. The Balaban J connectivity index is 1.69. The van der Waals surface area contributed by atoms with E-state index in [1.807, 2.05) is 11.3 Å². The van der Waals surface area contributed by atoms with E-state index in [1.165, 1.54) is 49.8 Å². The second kappa shape index (κ2) is 7.57. The van der Waals surface area contributed by atoms with Crippen molar-refractivity contribution in [3.8, 4) is 0 Å². The van der Waals surface area contributed by atoms with Gasteiger partial charge >= 0.3 is 0 Å². The third-order valence-electron chi connectivity index (χ3n) is 4.26. The van der Waals surface area contributed by atoms with Crippen LogP contribution in [0.15, 0.2) is 23.6 Å². The molecule has 3 heteroatoms. The predicted molar refractivity (Wildman–Crippen MR) is 94.6 cm³/mol. The molecule has 0 fully saturated rings. The standard InChI is InChI=1S/C18H25NS2/c1-2-11-19-16(10-9-15-7-5-12-20-15)18-13-14-6-3-4-8-17(14)21-18/h5,7,12-13,16,19H,2-4,6,8-11H2,1H3. The van der Waals surface area contributed by atoms with Gasteiger partial charge in [0.15, 0.2) is 0 Å². The van der Waals surface area contributed by atoms with Gasteiger partial charge in [-0.25, -0.2) is 0 Å². The summed E-state index contributed by atoms with van der Waals surface area (Å²) in [6.07, 6.45) is 9.01. The molecule has 1 N–H and O–H groups in total. The van der Waals surface area contributed by atoms with Crippen molar-refractivity contribution in [3.63, 3.8) is 0 Å². The Hall–Kier alpha value is -0.640. The van der Waals surface area contributed by atoms with E-state index in [1.54, 1.807) is 15.3 Å². The smallest absolute Gasteiger partial charge is 0.0418 e. The molecule has 1 aliphatic rings. The number of thiophene rings is 2. The van der Waals surface area contributed by atoms with E-state index in [4.69, 9.17) is 0 Å². The molecule has 0 spiro atoms. The molecule has 1 aliphatic carbocycles. The molecule has 0 saturated heterocycles. The van der Waals surface area contributed by atoms with Crippen LogP contribution in [0.25, 0.3) is 0 Å². The number of aryl methyl sites for hydroxylation is 3. The van der Waals surface area contributed by atoms with E-state index >= 15 is 0 Å². The first kappa shape index (κ1) is 15.3. The predicted octanol–water partition coefficient (Wildman–Crippen LogP) is 5.36. The third kappa shape index (κ3) is 3.97. The quantitative estimate of drug-likeness (QED) is 0.724. The molecule has 1 unspecified atom stereocenters. The fourth-order valence-corrected chi connectivity index (χ4v) is 5.18. The second-order valence-corrected chi connectivity index (χ2v) is 8.13. The molecule has 2 aromatic heterocycles. The van der Waals surface area contributed by atoms with Gasteiger partial charge in [-0.15, -0.1) is 22.7 Å². The summed E-state index contributed by atoms with van der Waals surface area (Å²) in [7, 11) is 0. The number of nitrogens with one attached hydrogen (secondary N) is 1. The minimum atomic E-state index is 0.544. The SMILES string of the molecule is CCCNC(CCc1cccs1)c1cc2c(s1)CCCC2. The van der Waals surface area contributed by atoms with Crippen LogP contribution in [0.4, 0.5) is 0 Å². The normalized spacial score (nSPS) is 15.9. The van der Waals surface area contributed by atoms with E-state index in [-0.39, 0.29) is 0 Å². The number of hydrogen-bond donors (Lipinski definition) is 1. The van der Waals surface area contributed by atoms with E-state index in [9.17, 15) is 0 Å². The first-order chi connectivity index (χ1) is 10.4. The van der Waals surface area contributed by atoms with Crippen molar-refractivity contribution in [2.24, 2.45) is 0 Å². The maximum Gasteiger partial charge on any atom is 0.0418 e. The minimum absolute atomic E-state index is 0.544. The molecule has 114 valence electrons. The molecule has 0 aromatic carbocycles. The van der Waals surface area contributed by atoms with Crippen LogP contribution in [-0.4, -0.2) is 6.54 Å². The highest BCUT2D eigenvalue weighted by Gasteiger charge is 2.19. The van der Waals surface area contributed by atoms with Crippen molar-refractivity contribution in [2.45, 2.75) is 57.9 Å². The van der Waals surface area contributed by atoms with Gasteiger partial charge in [0.25, 0.3) is 0 Å². The molecule has 1 atom stereocenters. The van der Waals surface area contributed by atoms with Gasteiger partial charge in [-0.05, 0) is 74.6 Å². The van der Waals surface area contributed by atoms with Crippen molar-refractivity contribution < 1.29 is 0 Å². The van der Waals surface area contributed by atoms with Crippen LogP contribution in [0, 0.1) is 0 Å². The van der Waals surface area contributed by atoms with Crippen LogP contribution in [0.2, 0.25) is 0 Å². The van der Waals surface area contributed by atoms with Crippen molar-refractivity contribution in [1.29, 1.82) is 0 Å². The maximum atomic E-state index is 3.77. The van der Waals surface area contributed by atoms with Crippen LogP contribution in [-0.2, 0) is 19.3 Å². The highest BCUT2D eigenvalue weighted by Crippen LogP contribution is 2.34. The number of fused-ring (bicyclic) bond motifs is 1. The Bertz CT molecular complexity index is 518. The lowest BCUT2D eigenvalue weighted by Crippen LogP contribution is -2.21. The first-order valence-corrected chi connectivity index (χ1v) is 9.93. The summed E-state index contributed by atoms with van der Waals surface area (Å²) in [5, 5.41) is 5.96. The van der Waals surface area contributed by atoms with Gasteiger partial charge in [0.2, 0.25) is 0 Å². The summed E-state index contributed by atoms with van der Waals surface area (Å²) in [5.41, 5.74) is 1.64. The molecular formula is C18H25NS2. The lowest BCUT2D eigenvalue weighted by molar-refractivity contribution is 0.507. The van der Waals surface area contributed by atoms with Crippen molar-refractivity contribution in [3.05, 3.63) is 43.8 Å². The molecular weight excluding hydrogens is 294 g/mol. The third-order valence-corrected chi connectivity index (χ3v) is 6.55. The van der Waals surface area contributed by atoms with Gasteiger partial charge in [0.1, 0.15) is 0 Å². The summed E-state index contributed by atoms with van der Waals surface area (Å²) < 4.78 is 0. The molecule has 0 saturated carbocycles. The largest absolute Gasteiger partial charge is 0.309 e. The van der Waals surface area contributed by atoms with E-state index in [0.717, 1.165) is 6.54 Å². The van der Waals surface area contributed by atoms with Crippen LogP contribution in [0.1, 0.15) is 58.8 Å². The van der Waals surface area contributed by atoms with Crippen LogP contribution in [0.3, 0.4) is 0 Å². The highest BCUT2D eigenvalue weighted by atomic mass is 32.1. The van der Waals surface area contributed by atoms with Crippen molar-refractivity contribution in [2.75, 3.05) is 6.54 Å². The first-order valence-electron chi connectivity index (χ1n) is 8.24. The molecule has 1 nitrogen and oxygen atoms in total. The van der Waals surface area contributed by atoms with Gasteiger partial charge in [0.05, 0.1) is 0 Å². The van der Waals surface area contributed by atoms with Gasteiger partial charge in [-0.2, -0.15) is 0 Å². The summed E-state index contributed by atoms with van der Waals surface area (Å²) in [4.78, 5) is 4.75. The highest BCUT2D eigenvalue weighted by molar-refractivity contribution is 7.12. The van der Waals surface area contributed by atoms with Crippen molar-refractivity contribution >= 4 is 22.7 Å². The molecule has 3 rings (SSSR count). The molecule has 0 amide bonds. The fourth-order valence-electron chi connectivity index (χ4n) is 3.09. The van der Waals surface area contributed by atoms with E-state index in [0.29, 0.717) is 6.04 Å². The zero-order valence-corrected chi connectivity index (χ0v) is 14.5. The Morgan fingerprint density at radius 1 is 1.29 bits per heavy atom. The van der Waals surface area contributed by atoms with E-state index < -0.39 is 0 Å². The lowest BCUT2D eigenvalue weighted by Gasteiger charge is -2.16. The Labute approximate surface area is 136 Å². The Morgan fingerprint density at radius 2 is 2.19 bits per heavy atom. The van der Waals surface area contributed by atoms with Crippen LogP contribution in [0.5, 0.6) is 0 Å². The monoisotopic (exact) mass is 319 g/mol. The Morgan fingerprint density at radius 3 is 2.95 bits per heavy atom. The van der Waals surface area contributed by atoms with Gasteiger partial charge in [-0.1, -0.05) is 13.0 Å². The maximum absolute atomic E-state index is 3.77. The summed E-state index contributed by atoms with van der Waals surface area (Å²) in [6, 6.07) is 7.47. The summed E-state index contributed by atoms with van der Waals surface area (Å²) >= 11 is 3.96. The molecule has 0 bridgehead atoms. The van der Waals surface area contributed by atoms with Gasteiger partial charge in [0, 0.05) is 20.7 Å². The lowest BCUT2D eigenvalue weighted by atomic mass is 9.98. The molecule has 2 aromatic rings.